The Morgan fingerprint density at radius 3 is 2.79 bits per heavy atom. The van der Waals surface area contributed by atoms with E-state index in [4.69, 9.17) is 5.11 Å². The third-order valence-corrected chi connectivity index (χ3v) is 3.50. The Labute approximate surface area is 95.1 Å². The van der Waals surface area contributed by atoms with Crippen LogP contribution in [0.15, 0.2) is 21.6 Å². The Morgan fingerprint density at radius 1 is 1.64 bits per heavy atom. The largest absolute Gasteiger partial charge is 0.480 e. The van der Waals surface area contributed by atoms with Gasteiger partial charge in [-0.2, -0.15) is 0 Å². The predicted molar refractivity (Wildman–Crippen MR) is 59.6 cm³/mol. The lowest BCUT2D eigenvalue weighted by atomic mass is 10.4. The topological polar surface area (TPSA) is 50.2 Å². The third kappa shape index (κ3) is 2.99. The van der Waals surface area contributed by atoms with Gasteiger partial charge < -0.3 is 5.11 Å². The number of nitrogens with zero attached hydrogens (tertiary/aromatic N) is 1. The molecule has 0 bridgehead atoms. The monoisotopic (exact) mass is 275 g/mol. The normalized spacial score (nSPS) is 12.5. The van der Waals surface area contributed by atoms with Gasteiger partial charge in [0, 0.05) is 4.47 Å². The van der Waals surface area contributed by atoms with Crippen molar-refractivity contribution < 1.29 is 9.90 Å². The van der Waals surface area contributed by atoms with Gasteiger partial charge in [-0.15, -0.1) is 0 Å². The first-order valence-corrected chi connectivity index (χ1v) is 5.70. The van der Waals surface area contributed by atoms with Gasteiger partial charge in [-0.05, 0) is 41.9 Å². The second-order valence-corrected chi connectivity index (χ2v) is 5.03. The van der Waals surface area contributed by atoms with Gasteiger partial charge in [0.25, 0.3) is 0 Å². The summed E-state index contributed by atoms with van der Waals surface area (Å²) in [5.41, 5.74) is 0.868. The van der Waals surface area contributed by atoms with Crippen molar-refractivity contribution in [1.29, 1.82) is 0 Å². The van der Waals surface area contributed by atoms with Crippen LogP contribution in [0, 0.1) is 6.92 Å². The molecule has 3 nitrogen and oxygen atoms in total. The fourth-order valence-corrected chi connectivity index (χ4v) is 1.84. The smallest absolute Gasteiger partial charge is 0.316 e. The standard InChI is InChI=1S/C9H10BrNO2S/c1-5-7(10)3-4-8(11-5)14-6(2)9(12)13/h3-4,6H,1-2H3,(H,12,13). The molecule has 0 saturated carbocycles. The third-order valence-electron chi connectivity index (χ3n) is 1.64. The highest BCUT2D eigenvalue weighted by Gasteiger charge is 2.13. The van der Waals surface area contributed by atoms with Crippen molar-refractivity contribution in [2.75, 3.05) is 0 Å². The highest BCUT2D eigenvalue weighted by molar-refractivity contribution is 9.10. The van der Waals surface area contributed by atoms with Crippen molar-refractivity contribution in [2.24, 2.45) is 0 Å². The van der Waals surface area contributed by atoms with Crippen molar-refractivity contribution in [3.05, 3.63) is 22.3 Å². The molecule has 1 aromatic heterocycles. The average Bonchev–Trinajstić information content (AvgIpc) is 2.11. The summed E-state index contributed by atoms with van der Waals surface area (Å²) < 4.78 is 0.935. The molecule has 1 rings (SSSR count). The molecule has 0 amide bonds. The number of carboxylic acid groups (broad SMARTS) is 1. The van der Waals surface area contributed by atoms with E-state index in [0.717, 1.165) is 15.2 Å². The Bertz CT molecular complexity index is 357. The van der Waals surface area contributed by atoms with Crippen LogP contribution in [0.25, 0.3) is 0 Å². The minimum absolute atomic E-state index is 0.469. The first-order chi connectivity index (χ1) is 6.50. The van der Waals surface area contributed by atoms with E-state index in [-0.39, 0.29) is 0 Å². The first-order valence-electron chi connectivity index (χ1n) is 4.03. The summed E-state index contributed by atoms with van der Waals surface area (Å²) in [5.74, 6) is -0.822. The number of aliphatic carboxylic acids is 1. The molecule has 1 atom stereocenters. The van der Waals surface area contributed by atoms with Gasteiger partial charge in [0.15, 0.2) is 0 Å². The minimum atomic E-state index is -0.822. The molecule has 5 heteroatoms. The van der Waals surface area contributed by atoms with Crippen LogP contribution in [0.1, 0.15) is 12.6 Å². The van der Waals surface area contributed by atoms with Crippen molar-refractivity contribution in [1.82, 2.24) is 4.98 Å². The second kappa shape index (κ2) is 4.79. The molecule has 0 aliphatic heterocycles. The maximum absolute atomic E-state index is 10.6. The molecule has 1 aromatic rings. The van der Waals surface area contributed by atoms with Crippen molar-refractivity contribution in [3.8, 4) is 0 Å². The Balaban J connectivity index is 2.78. The number of rotatable bonds is 3. The summed E-state index contributed by atoms with van der Waals surface area (Å²) in [6.07, 6.45) is 0. The van der Waals surface area contributed by atoms with Gasteiger partial charge in [0.1, 0.15) is 5.25 Å². The Kier molecular flexibility index (Phi) is 3.95. The molecule has 0 aliphatic rings. The molecule has 0 aliphatic carbocycles. The lowest BCUT2D eigenvalue weighted by Gasteiger charge is -2.06. The predicted octanol–water partition coefficient (Wildman–Crippen LogP) is 2.72. The van der Waals surface area contributed by atoms with E-state index in [1.165, 1.54) is 11.8 Å². The number of aromatic nitrogens is 1. The van der Waals surface area contributed by atoms with Crippen LogP contribution in [-0.2, 0) is 4.79 Å². The van der Waals surface area contributed by atoms with Gasteiger partial charge >= 0.3 is 5.97 Å². The van der Waals surface area contributed by atoms with E-state index in [1.54, 1.807) is 13.0 Å². The zero-order valence-corrected chi connectivity index (χ0v) is 10.2. The van der Waals surface area contributed by atoms with Gasteiger partial charge in [0.05, 0.1) is 10.7 Å². The second-order valence-electron chi connectivity index (χ2n) is 2.82. The van der Waals surface area contributed by atoms with Crippen LogP contribution in [0.4, 0.5) is 0 Å². The molecule has 76 valence electrons. The van der Waals surface area contributed by atoms with Crippen LogP contribution in [0.3, 0.4) is 0 Å². The van der Waals surface area contributed by atoms with Crippen molar-refractivity contribution in [2.45, 2.75) is 24.1 Å². The lowest BCUT2D eigenvalue weighted by Crippen LogP contribution is -2.11. The quantitative estimate of drug-likeness (QED) is 0.862. The maximum Gasteiger partial charge on any atom is 0.316 e. The molecule has 0 radical (unpaired) electrons. The summed E-state index contributed by atoms with van der Waals surface area (Å²) >= 11 is 4.58. The molecule has 0 saturated heterocycles. The Morgan fingerprint density at radius 2 is 2.29 bits per heavy atom. The molecular formula is C9H10BrNO2S. The van der Waals surface area contributed by atoms with Gasteiger partial charge in [-0.1, -0.05) is 11.8 Å². The SMILES string of the molecule is Cc1nc(SC(C)C(=O)O)ccc1Br. The van der Waals surface area contributed by atoms with E-state index in [2.05, 4.69) is 20.9 Å². The van der Waals surface area contributed by atoms with E-state index in [9.17, 15) is 4.79 Å². The Hall–Kier alpha value is -0.550. The van der Waals surface area contributed by atoms with Crippen LogP contribution in [0.5, 0.6) is 0 Å². The molecule has 1 heterocycles. The highest BCUT2D eigenvalue weighted by atomic mass is 79.9. The molecule has 0 fully saturated rings. The summed E-state index contributed by atoms with van der Waals surface area (Å²) in [6.45, 7) is 3.52. The number of hydrogen-bond acceptors (Lipinski definition) is 3. The van der Waals surface area contributed by atoms with E-state index >= 15 is 0 Å². The average molecular weight is 276 g/mol. The van der Waals surface area contributed by atoms with Gasteiger partial charge in [-0.3, -0.25) is 4.79 Å². The number of hydrogen-bond donors (Lipinski definition) is 1. The maximum atomic E-state index is 10.6. The van der Waals surface area contributed by atoms with Crippen LogP contribution in [-0.4, -0.2) is 21.3 Å². The van der Waals surface area contributed by atoms with Gasteiger partial charge in [-0.25, -0.2) is 4.98 Å². The number of carbonyl (C=O) groups is 1. The molecule has 0 aromatic carbocycles. The molecule has 1 N–H and O–H groups in total. The molecular weight excluding hydrogens is 266 g/mol. The van der Waals surface area contributed by atoms with Crippen LogP contribution < -0.4 is 0 Å². The molecule has 1 unspecified atom stereocenters. The molecule has 0 spiro atoms. The number of pyridine rings is 1. The molecule has 14 heavy (non-hydrogen) atoms. The number of halogens is 1. The van der Waals surface area contributed by atoms with Gasteiger partial charge in [0.2, 0.25) is 0 Å². The van der Waals surface area contributed by atoms with Crippen molar-refractivity contribution in [3.63, 3.8) is 0 Å². The summed E-state index contributed by atoms with van der Waals surface area (Å²) in [7, 11) is 0. The summed E-state index contributed by atoms with van der Waals surface area (Å²) in [6, 6.07) is 3.68. The van der Waals surface area contributed by atoms with E-state index < -0.39 is 11.2 Å². The van der Waals surface area contributed by atoms with Crippen LogP contribution >= 0.6 is 27.7 Å². The highest BCUT2D eigenvalue weighted by Crippen LogP contribution is 2.24. The zero-order valence-electron chi connectivity index (χ0n) is 7.82. The number of thioether (sulfide) groups is 1. The first kappa shape index (κ1) is 11.5. The van der Waals surface area contributed by atoms with Crippen molar-refractivity contribution >= 4 is 33.7 Å². The van der Waals surface area contributed by atoms with Crippen LogP contribution in [0.2, 0.25) is 0 Å². The summed E-state index contributed by atoms with van der Waals surface area (Å²) in [5, 5.41) is 8.98. The summed E-state index contributed by atoms with van der Waals surface area (Å²) in [4.78, 5) is 14.8. The van der Waals surface area contributed by atoms with E-state index in [1.807, 2.05) is 13.0 Å². The fourth-order valence-electron chi connectivity index (χ4n) is 0.818. The lowest BCUT2D eigenvalue weighted by molar-refractivity contribution is -0.136. The number of carboxylic acids is 1. The fraction of sp³-hybridized carbons (Fsp3) is 0.333. The minimum Gasteiger partial charge on any atom is -0.480 e. The van der Waals surface area contributed by atoms with E-state index in [0.29, 0.717) is 0 Å². The number of aryl methyl sites for hydroxylation is 1. The zero-order chi connectivity index (χ0) is 10.7.